The van der Waals surface area contributed by atoms with E-state index in [2.05, 4.69) is 0 Å². The molecule has 0 spiro atoms. The number of carbonyl (C=O) groups excluding carboxylic acids is 2. The van der Waals surface area contributed by atoms with Crippen LogP contribution in [0.15, 0.2) is 42.5 Å². The maximum atomic E-state index is 11.2. The van der Waals surface area contributed by atoms with E-state index in [1.54, 1.807) is 36.4 Å². The van der Waals surface area contributed by atoms with E-state index < -0.39 is 18.5 Å². The molecule has 3 aromatic rings. The number of halogens is 2. The fourth-order valence-corrected chi connectivity index (χ4v) is 3.14. The first-order chi connectivity index (χ1) is 12.4. The van der Waals surface area contributed by atoms with Gasteiger partial charge in [-0.15, -0.1) is 0 Å². The zero-order valence-corrected chi connectivity index (χ0v) is 20.7. The van der Waals surface area contributed by atoms with Crippen molar-refractivity contribution in [1.29, 1.82) is 0 Å². The van der Waals surface area contributed by atoms with E-state index in [-0.39, 0.29) is 71.4 Å². The van der Waals surface area contributed by atoms with Gasteiger partial charge in [-0.3, -0.25) is 0 Å². The molecule has 1 heterocycles. The third kappa shape index (κ3) is 5.68. The molecular formula is C18H11Cl2NNa2O5. The van der Waals surface area contributed by atoms with Crippen LogP contribution < -0.4 is 74.1 Å². The molecular weight excluding hydrogens is 427 g/mol. The fraction of sp³-hybridized carbons (Fsp3) is 0.111. The SMILES string of the molecule is O=C([O-])Cn1c(C(=O)[O-])cc2cc(OCc3c(Cl)cccc3Cl)ccc21.[Na+].[Na+]. The second-order valence-corrected chi connectivity index (χ2v) is 6.30. The van der Waals surface area contributed by atoms with Crippen LogP contribution in [0.4, 0.5) is 0 Å². The summed E-state index contributed by atoms with van der Waals surface area (Å²) in [5, 5.41) is 23.6. The molecule has 0 unspecified atom stereocenters. The van der Waals surface area contributed by atoms with Crippen molar-refractivity contribution in [2.24, 2.45) is 0 Å². The van der Waals surface area contributed by atoms with Gasteiger partial charge in [-0.05, 0) is 36.4 Å². The van der Waals surface area contributed by atoms with Crippen LogP contribution in [0.2, 0.25) is 10.0 Å². The molecule has 0 aliphatic heterocycles. The van der Waals surface area contributed by atoms with E-state index in [0.29, 0.717) is 32.3 Å². The Labute approximate surface area is 215 Å². The molecule has 0 bridgehead atoms. The van der Waals surface area contributed by atoms with Crippen molar-refractivity contribution < 1.29 is 83.7 Å². The molecule has 0 N–H and O–H groups in total. The number of hydrogen-bond acceptors (Lipinski definition) is 5. The van der Waals surface area contributed by atoms with E-state index in [9.17, 15) is 19.8 Å². The molecule has 0 atom stereocenters. The summed E-state index contributed by atoms with van der Waals surface area (Å²) in [6, 6.07) is 11.2. The summed E-state index contributed by atoms with van der Waals surface area (Å²) in [5.41, 5.74) is 0.785. The number of aliphatic carboxylic acids is 1. The van der Waals surface area contributed by atoms with Crippen LogP contribution in [-0.4, -0.2) is 16.5 Å². The molecule has 0 fully saturated rings. The van der Waals surface area contributed by atoms with Crippen molar-refractivity contribution in [3.8, 4) is 5.75 Å². The number of aromatic carboxylic acids is 1. The van der Waals surface area contributed by atoms with Gasteiger partial charge in [0.15, 0.2) is 0 Å². The number of rotatable bonds is 6. The summed E-state index contributed by atoms with van der Waals surface area (Å²) in [4.78, 5) is 22.1. The van der Waals surface area contributed by atoms with Gasteiger partial charge in [0, 0.05) is 26.5 Å². The van der Waals surface area contributed by atoms with Crippen molar-refractivity contribution in [2.45, 2.75) is 13.2 Å². The minimum absolute atomic E-state index is 0. The second kappa shape index (κ2) is 10.9. The summed E-state index contributed by atoms with van der Waals surface area (Å²) < 4.78 is 6.79. The van der Waals surface area contributed by atoms with Crippen molar-refractivity contribution in [3.63, 3.8) is 0 Å². The molecule has 0 amide bonds. The Balaban J connectivity index is 0.00000196. The zero-order chi connectivity index (χ0) is 18.8. The van der Waals surface area contributed by atoms with Crippen LogP contribution in [0.5, 0.6) is 5.75 Å². The molecule has 0 aliphatic carbocycles. The van der Waals surface area contributed by atoms with Gasteiger partial charge in [-0.1, -0.05) is 29.3 Å². The molecule has 0 saturated carbocycles. The van der Waals surface area contributed by atoms with E-state index in [0.717, 1.165) is 4.57 Å². The predicted molar refractivity (Wildman–Crippen MR) is 92.1 cm³/mol. The average Bonchev–Trinajstić information content (AvgIpc) is 2.92. The quantitative estimate of drug-likeness (QED) is 0.363. The number of ether oxygens (including phenoxy) is 1. The predicted octanol–water partition coefficient (Wildman–Crippen LogP) is -4.35. The number of hydrogen-bond donors (Lipinski definition) is 0. The monoisotopic (exact) mass is 437 g/mol. The maximum absolute atomic E-state index is 11.2. The van der Waals surface area contributed by atoms with Crippen LogP contribution in [0.3, 0.4) is 0 Å². The molecule has 134 valence electrons. The normalized spacial score (nSPS) is 10.1. The topological polar surface area (TPSA) is 94.4 Å². The average molecular weight is 438 g/mol. The van der Waals surface area contributed by atoms with Gasteiger partial charge in [0.1, 0.15) is 12.4 Å². The van der Waals surface area contributed by atoms with Crippen LogP contribution in [0.1, 0.15) is 16.1 Å². The minimum atomic E-state index is -1.48. The van der Waals surface area contributed by atoms with Crippen LogP contribution >= 0.6 is 23.2 Å². The number of fused-ring (bicyclic) bond motifs is 1. The van der Waals surface area contributed by atoms with E-state index in [1.165, 1.54) is 6.07 Å². The van der Waals surface area contributed by atoms with Gasteiger partial charge < -0.3 is 29.1 Å². The van der Waals surface area contributed by atoms with Crippen LogP contribution in [-0.2, 0) is 17.9 Å². The van der Waals surface area contributed by atoms with Gasteiger partial charge >= 0.3 is 59.1 Å². The van der Waals surface area contributed by atoms with Gasteiger partial charge in [0.05, 0.1) is 24.2 Å². The molecule has 6 nitrogen and oxygen atoms in total. The Morgan fingerprint density at radius 2 is 1.64 bits per heavy atom. The summed E-state index contributed by atoms with van der Waals surface area (Å²) in [5.74, 6) is -2.43. The first kappa shape index (κ1) is 25.3. The summed E-state index contributed by atoms with van der Waals surface area (Å²) >= 11 is 12.2. The Hall–Kier alpha value is -0.700. The molecule has 0 radical (unpaired) electrons. The Morgan fingerprint density at radius 1 is 1.00 bits per heavy atom. The molecule has 10 heteroatoms. The third-order valence-electron chi connectivity index (χ3n) is 3.81. The standard InChI is InChI=1S/C18H13Cl2NO5.2Na/c19-13-2-1-3-14(20)12(13)9-26-11-4-5-15-10(6-11)7-16(18(24)25)21(15)8-17(22)23;;/h1-7H,8-9H2,(H,22,23)(H,24,25);;/q;2*+1/p-2. The number of benzene rings is 2. The fourth-order valence-electron chi connectivity index (χ4n) is 2.63. The summed E-state index contributed by atoms with van der Waals surface area (Å²) in [7, 11) is 0. The van der Waals surface area contributed by atoms with E-state index in [1.807, 2.05) is 0 Å². The van der Waals surface area contributed by atoms with E-state index >= 15 is 0 Å². The first-order valence-corrected chi connectivity index (χ1v) is 8.22. The zero-order valence-electron chi connectivity index (χ0n) is 15.2. The minimum Gasteiger partial charge on any atom is -0.548 e. The third-order valence-corrected chi connectivity index (χ3v) is 4.52. The van der Waals surface area contributed by atoms with Crippen LogP contribution in [0.25, 0.3) is 10.9 Å². The smallest absolute Gasteiger partial charge is 0.548 e. The Bertz CT molecular complexity index is 1000. The van der Waals surface area contributed by atoms with Gasteiger partial charge in [0.2, 0.25) is 0 Å². The Kier molecular flexibility index (Phi) is 9.86. The number of carbonyl (C=O) groups is 2. The first-order valence-electron chi connectivity index (χ1n) is 7.47. The van der Waals surface area contributed by atoms with Gasteiger partial charge in [-0.2, -0.15) is 0 Å². The molecule has 2 aromatic carbocycles. The molecule has 28 heavy (non-hydrogen) atoms. The molecule has 0 aliphatic rings. The number of aromatic nitrogens is 1. The van der Waals surface area contributed by atoms with Crippen molar-refractivity contribution in [2.75, 3.05) is 0 Å². The van der Waals surface area contributed by atoms with Gasteiger partial charge in [-0.25, -0.2) is 0 Å². The number of carboxylic acid groups (broad SMARTS) is 2. The van der Waals surface area contributed by atoms with E-state index in [4.69, 9.17) is 27.9 Å². The van der Waals surface area contributed by atoms with Crippen molar-refractivity contribution >= 4 is 46.0 Å². The number of nitrogens with zero attached hydrogens (tertiary/aromatic N) is 1. The second-order valence-electron chi connectivity index (χ2n) is 5.48. The molecule has 0 saturated heterocycles. The van der Waals surface area contributed by atoms with Crippen LogP contribution in [0, 0.1) is 0 Å². The molecule has 3 rings (SSSR count). The number of carboxylic acids is 2. The molecule has 1 aromatic heterocycles. The van der Waals surface area contributed by atoms with Crippen molar-refractivity contribution in [1.82, 2.24) is 4.57 Å². The summed E-state index contributed by atoms with van der Waals surface area (Å²) in [6.45, 7) is -0.473. The van der Waals surface area contributed by atoms with Gasteiger partial charge in [0.25, 0.3) is 0 Å². The maximum Gasteiger partial charge on any atom is 1.00 e. The summed E-state index contributed by atoms with van der Waals surface area (Å²) in [6.07, 6.45) is 0. The Morgan fingerprint density at radius 3 is 2.21 bits per heavy atom. The largest absolute Gasteiger partial charge is 1.00 e. The van der Waals surface area contributed by atoms with Crippen molar-refractivity contribution in [3.05, 3.63) is 63.8 Å².